The number of benzene rings is 2. The molecule has 0 saturated heterocycles. The summed E-state index contributed by atoms with van der Waals surface area (Å²) in [4.78, 5) is 12.4. The molecule has 6 nitrogen and oxygen atoms in total. The molecule has 0 heterocycles. The van der Waals surface area contributed by atoms with Crippen LogP contribution in [0.1, 0.15) is 36.7 Å². The molecule has 2 aromatic carbocycles. The minimum atomic E-state index is -3.81. The van der Waals surface area contributed by atoms with E-state index in [9.17, 15) is 13.2 Å². The standard InChI is InChI=1S/C19H23ClN2O4S/c1-4-26-17-10-7-15(11-18(17)27(24,25)22-13(2)3)19(23)21-12-14-5-8-16(20)9-6-14/h5-11,13,22H,4,12H2,1-3H3,(H,21,23). The van der Waals surface area contributed by atoms with E-state index in [0.29, 0.717) is 18.2 Å². The Labute approximate surface area is 164 Å². The fourth-order valence-corrected chi connectivity index (χ4v) is 3.94. The normalized spacial score (nSPS) is 11.4. The predicted octanol–water partition coefficient (Wildman–Crippen LogP) is 3.36. The number of nitrogens with one attached hydrogen (secondary N) is 2. The highest BCUT2D eigenvalue weighted by Gasteiger charge is 2.22. The first-order valence-corrected chi connectivity index (χ1v) is 10.4. The van der Waals surface area contributed by atoms with Crippen molar-refractivity contribution in [1.29, 1.82) is 0 Å². The Balaban J connectivity index is 2.24. The number of carbonyl (C=O) groups is 1. The molecule has 0 aliphatic rings. The first-order valence-electron chi connectivity index (χ1n) is 8.54. The highest BCUT2D eigenvalue weighted by Crippen LogP contribution is 2.25. The molecular formula is C19H23ClN2O4S. The van der Waals surface area contributed by atoms with Gasteiger partial charge in [-0.25, -0.2) is 13.1 Å². The zero-order valence-corrected chi connectivity index (χ0v) is 17.0. The first-order chi connectivity index (χ1) is 12.7. The van der Waals surface area contributed by atoms with Crippen molar-refractivity contribution < 1.29 is 17.9 Å². The minimum Gasteiger partial charge on any atom is -0.492 e. The molecule has 0 spiro atoms. The molecule has 0 bridgehead atoms. The van der Waals surface area contributed by atoms with Crippen molar-refractivity contribution >= 4 is 27.5 Å². The van der Waals surface area contributed by atoms with E-state index in [1.54, 1.807) is 32.9 Å². The number of carbonyl (C=O) groups excluding carboxylic acids is 1. The number of hydrogen-bond acceptors (Lipinski definition) is 4. The molecule has 146 valence electrons. The van der Waals surface area contributed by atoms with Gasteiger partial charge in [0.1, 0.15) is 10.6 Å². The molecule has 2 N–H and O–H groups in total. The molecule has 2 aromatic rings. The average Bonchev–Trinajstić information content (AvgIpc) is 2.60. The van der Waals surface area contributed by atoms with Gasteiger partial charge in [-0.1, -0.05) is 23.7 Å². The Hall–Kier alpha value is -2.09. The van der Waals surface area contributed by atoms with Crippen LogP contribution in [0.2, 0.25) is 5.02 Å². The van der Waals surface area contributed by atoms with Crippen molar-refractivity contribution in [3.05, 3.63) is 58.6 Å². The van der Waals surface area contributed by atoms with Crippen LogP contribution in [0.4, 0.5) is 0 Å². The molecule has 0 fully saturated rings. The van der Waals surface area contributed by atoms with Gasteiger partial charge in [0, 0.05) is 23.2 Å². The van der Waals surface area contributed by atoms with Crippen LogP contribution in [-0.4, -0.2) is 27.0 Å². The van der Waals surface area contributed by atoms with E-state index in [1.807, 2.05) is 12.1 Å². The van der Waals surface area contributed by atoms with E-state index in [2.05, 4.69) is 10.0 Å². The maximum atomic E-state index is 12.6. The summed E-state index contributed by atoms with van der Waals surface area (Å²) in [5, 5.41) is 3.38. The van der Waals surface area contributed by atoms with Gasteiger partial charge < -0.3 is 10.1 Å². The Bertz CT molecular complexity index is 896. The lowest BCUT2D eigenvalue weighted by Crippen LogP contribution is -2.31. The van der Waals surface area contributed by atoms with Crippen LogP contribution in [-0.2, 0) is 16.6 Å². The van der Waals surface area contributed by atoms with Crippen LogP contribution < -0.4 is 14.8 Å². The number of hydrogen-bond donors (Lipinski definition) is 2. The summed E-state index contributed by atoms with van der Waals surface area (Å²) >= 11 is 5.84. The monoisotopic (exact) mass is 410 g/mol. The molecule has 0 unspecified atom stereocenters. The SMILES string of the molecule is CCOc1ccc(C(=O)NCc2ccc(Cl)cc2)cc1S(=O)(=O)NC(C)C. The molecule has 8 heteroatoms. The van der Waals surface area contributed by atoms with Crippen molar-refractivity contribution in [3.63, 3.8) is 0 Å². The largest absolute Gasteiger partial charge is 0.492 e. The van der Waals surface area contributed by atoms with Crippen molar-refractivity contribution in [2.45, 2.75) is 38.3 Å². The van der Waals surface area contributed by atoms with Gasteiger partial charge in [-0.15, -0.1) is 0 Å². The summed E-state index contributed by atoms with van der Waals surface area (Å²) in [6.45, 7) is 5.82. The lowest BCUT2D eigenvalue weighted by atomic mass is 10.2. The summed E-state index contributed by atoms with van der Waals surface area (Å²) in [5.41, 5.74) is 1.12. The van der Waals surface area contributed by atoms with Gasteiger partial charge >= 0.3 is 0 Å². The Morgan fingerprint density at radius 2 is 1.81 bits per heavy atom. The van der Waals surface area contributed by atoms with Crippen molar-refractivity contribution in [2.24, 2.45) is 0 Å². The Kier molecular flexibility index (Phi) is 7.24. The highest BCUT2D eigenvalue weighted by atomic mass is 35.5. The maximum absolute atomic E-state index is 12.6. The quantitative estimate of drug-likeness (QED) is 0.698. The van der Waals surface area contributed by atoms with Crippen molar-refractivity contribution in [2.75, 3.05) is 6.61 Å². The van der Waals surface area contributed by atoms with Crippen LogP contribution in [0, 0.1) is 0 Å². The summed E-state index contributed by atoms with van der Waals surface area (Å²) in [5.74, 6) is -0.172. The number of halogens is 1. The number of sulfonamides is 1. The molecule has 0 radical (unpaired) electrons. The van der Waals surface area contributed by atoms with Gasteiger partial charge in [0.15, 0.2) is 0 Å². The summed E-state index contributed by atoms with van der Waals surface area (Å²) in [6.07, 6.45) is 0. The van der Waals surface area contributed by atoms with Gasteiger partial charge in [0.25, 0.3) is 5.91 Å². The maximum Gasteiger partial charge on any atom is 0.251 e. The van der Waals surface area contributed by atoms with Crippen LogP contribution >= 0.6 is 11.6 Å². The van der Waals surface area contributed by atoms with Gasteiger partial charge in [0.2, 0.25) is 10.0 Å². The van der Waals surface area contributed by atoms with Crippen LogP contribution in [0.15, 0.2) is 47.4 Å². The second-order valence-corrected chi connectivity index (χ2v) is 8.30. The lowest BCUT2D eigenvalue weighted by Gasteiger charge is -2.15. The third-order valence-electron chi connectivity index (χ3n) is 3.55. The first kappa shape index (κ1) is 21.2. The van der Waals surface area contributed by atoms with Crippen LogP contribution in [0.5, 0.6) is 5.75 Å². The number of amides is 1. The molecule has 0 aliphatic heterocycles. The zero-order chi connectivity index (χ0) is 20.0. The topological polar surface area (TPSA) is 84.5 Å². The Morgan fingerprint density at radius 1 is 1.15 bits per heavy atom. The van der Waals surface area contributed by atoms with Gasteiger partial charge in [-0.3, -0.25) is 4.79 Å². The van der Waals surface area contributed by atoms with Crippen LogP contribution in [0.3, 0.4) is 0 Å². The molecule has 0 aliphatic carbocycles. The van der Waals surface area contributed by atoms with E-state index in [-0.39, 0.29) is 28.2 Å². The molecule has 0 aromatic heterocycles. The smallest absolute Gasteiger partial charge is 0.251 e. The third-order valence-corrected chi connectivity index (χ3v) is 5.48. The second kappa shape index (κ2) is 9.21. The third kappa shape index (κ3) is 5.95. The fraction of sp³-hybridized carbons (Fsp3) is 0.316. The van der Waals surface area contributed by atoms with E-state index in [1.165, 1.54) is 18.2 Å². The van der Waals surface area contributed by atoms with Crippen LogP contribution in [0.25, 0.3) is 0 Å². The summed E-state index contributed by atoms with van der Waals surface area (Å²) in [6, 6.07) is 11.2. The number of rotatable bonds is 8. The molecule has 2 rings (SSSR count). The molecular weight excluding hydrogens is 388 g/mol. The van der Waals surface area contributed by atoms with Gasteiger partial charge in [0.05, 0.1) is 6.61 Å². The van der Waals surface area contributed by atoms with Crippen molar-refractivity contribution in [3.8, 4) is 5.75 Å². The fourth-order valence-electron chi connectivity index (χ4n) is 2.39. The molecule has 0 atom stereocenters. The number of ether oxygens (including phenoxy) is 1. The van der Waals surface area contributed by atoms with Crippen molar-refractivity contribution in [1.82, 2.24) is 10.0 Å². The zero-order valence-electron chi connectivity index (χ0n) is 15.5. The van der Waals surface area contributed by atoms with E-state index < -0.39 is 10.0 Å². The molecule has 0 saturated carbocycles. The minimum absolute atomic E-state index is 0.0582. The molecule has 27 heavy (non-hydrogen) atoms. The lowest BCUT2D eigenvalue weighted by molar-refractivity contribution is 0.0950. The van der Waals surface area contributed by atoms with E-state index >= 15 is 0 Å². The molecule has 1 amide bonds. The summed E-state index contributed by atoms with van der Waals surface area (Å²) < 4.78 is 33.1. The van der Waals surface area contributed by atoms with E-state index in [0.717, 1.165) is 5.56 Å². The Morgan fingerprint density at radius 3 is 2.41 bits per heavy atom. The second-order valence-electron chi connectivity index (χ2n) is 6.18. The highest BCUT2D eigenvalue weighted by molar-refractivity contribution is 7.89. The van der Waals surface area contributed by atoms with Gasteiger partial charge in [-0.2, -0.15) is 0 Å². The van der Waals surface area contributed by atoms with Gasteiger partial charge in [-0.05, 0) is 56.7 Å². The predicted molar refractivity (Wildman–Crippen MR) is 106 cm³/mol. The average molecular weight is 411 g/mol. The van der Waals surface area contributed by atoms with E-state index in [4.69, 9.17) is 16.3 Å². The summed E-state index contributed by atoms with van der Waals surface area (Å²) in [7, 11) is -3.81.